The Labute approximate surface area is 113 Å². The molecule has 1 unspecified atom stereocenters. The average Bonchev–Trinajstić information content (AvgIpc) is 2.69. The minimum Gasteiger partial charge on any atom is -0.304 e. The van der Waals surface area contributed by atoms with Crippen LogP contribution in [-0.2, 0) is 11.2 Å². The molecule has 1 atom stereocenters. The van der Waals surface area contributed by atoms with Gasteiger partial charge < -0.3 is 9.80 Å². The van der Waals surface area contributed by atoms with Crippen molar-refractivity contribution in [3.8, 4) is 0 Å². The highest BCUT2D eigenvalue weighted by Gasteiger charge is 2.24. The molecule has 1 aromatic rings. The number of ketones is 1. The van der Waals surface area contributed by atoms with Crippen molar-refractivity contribution < 1.29 is 4.79 Å². The molecule has 0 radical (unpaired) electrons. The van der Waals surface area contributed by atoms with Gasteiger partial charge in [-0.1, -0.05) is 0 Å². The van der Waals surface area contributed by atoms with Gasteiger partial charge >= 0.3 is 0 Å². The summed E-state index contributed by atoms with van der Waals surface area (Å²) in [5.41, 5.74) is 0.925. The fourth-order valence-electron chi connectivity index (χ4n) is 2.35. The van der Waals surface area contributed by atoms with Crippen molar-refractivity contribution in [1.29, 1.82) is 0 Å². The molecule has 5 heteroatoms. The molecule has 0 bridgehead atoms. The first-order chi connectivity index (χ1) is 8.54. The number of Topliss-reactive ketones (excluding diaryl/α,β-unsaturated/α-hetero) is 1. The zero-order valence-corrected chi connectivity index (χ0v) is 12.2. The van der Waals surface area contributed by atoms with Gasteiger partial charge in [0.1, 0.15) is 5.78 Å². The number of thiazole rings is 1. The lowest BCUT2D eigenvalue weighted by molar-refractivity contribution is -0.120. The van der Waals surface area contributed by atoms with Crippen molar-refractivity contribution in [2.24, 2.45) is 0 Å². The van der Waals surface area contributed by atoms with Gasteiger partial charge in [0.25, 0.3) is 0 Å². The van der Waals surface area contributed by atoms with Gasteiger partial charge in [-0.15, -0.1) is 11.3 Å². The molecule has 0 aromatic carbocycles. The van der Waals surface area contributed by atoms with E-state index < -0.39 is 0 Å². The first-order valence-electron chi connectivity index (χ1n) is 6.36. The maximum atomic E-state index is 12.1. The van der Waals surface area contributed by atoms with Crippen LogP contribution in [0.4, 0.5) is 0 Å². The van der Waals surface area contributed by atoms with E-state index in [4.69, 9.17) is 0 Å². The van der Waals surface area contributed by atoms with Crippen molar-refractivity contribution in [1.82, 2.24) is 14.8 Å². The van der Waals surface area contributed by atoms with Crippen LogP contribution in [0.15, 0.2) is 5.38 Å². The van der Waals surface area contributed by atoms with Gasteiger partial charge in [0.15, 0.2) is 0 Å². The number of aryl methyl sites for hydroxylation is 1. The van der Waals surface area contributed by atoms with Crippen LogP contribution in [0.25, 0.3) is 0 Å². The normalized spacial score (nSPS) is 22.3. The number of hydrogen-bond donors (Lipinski definition) is 0. The van der Waals surface area contributed by atoms with Crippen molar-refractivity contribution >= 4 is 17.1 Å². The molecular formula is C13H21N3OS. The molecule has 1 saturated heterocycles. The largest absolute Gasteiger partial charge is 0.304 e. The van der Waals surface area contributed by atoms with Crippen LogP contribution in [0.5, 0.6) is 0 Å². The highest BCUT2D eigenvalue weighted by molar-refractivity contribution is 7.09. The summed E-state index contributed by atoms with van der Waals surface area (Å²) in [6, 6.07) is 0.357. The molecule has 1 aliphatic heterocycles. The third-order valence-electron chi connectivity index (χ3n) is 3.49. The average molecular weight is 267 g/mol. The zero-order chi connectivity index (χ0) is 13.1. The van der Waals surface area contributed by atoms with E-state index in [1.54, 1.807) is 11.3 Å². The maximum Gasteiger partial charge on any atom is 0.140 e. The van der Waals surface area contributed by atoms with Crippen molar-refractivity contribution in [2.75, 3.05) is 33.7 Å². The Morgan fingerprint density at radius 1 is 1.50 bits per heavy atom. The first kappa shape index (κ1) is 13.6. The molecule has 4 nitrogen and oxygen atoms in total. The molecule has 2 heterocycles. The lowest BCUT2D eigenvalue weighted by Gasteiger charge is -2.37. The Morgan fingerprint density at radius 2 is 2.28 bits per heavy atom. The molecule has 18 heavy (non-hydrogen) atoms. The topological polar surface area (TPSA) is 36.4 Å². The fourth-order valence-corrected chi connectivity index (χ4v) is 2.96. The number of carbonyl (C=O) groups excluding carboxylic acids is 1. The summed E-state index contributed by atoms with van der Waals surface area (Å²) >= 11 is 1.61. The molecular weight excluding hydrogens is 246 g/mol. The second-order valence-corrected chi connectivity index (χ2v) is 6.24. The van der Waals surface area contributed by atoms with Crippen molar-refractivity contribution in [2.45, 2.75) is 25.8 Å². The molecule has 2 rings (SSSR count). The zero-order valence-electron chi connectivity index (χ0n) is 11.3. The van der Waals surface area contributed by atoms with Crippen molar-refractivity contribution in [3.05, 3.63) is 16.1 Å². The van der Waals surface area contributed by atoms with E-state index in [-0.39, 0.29) is 0 Å². The molecule has 1 aliphatic rings. The van der Waals surface area contributed by atoms with Crippen LogP contribution in [0.1, 0.15) is 17.1 Å². The smallest absolute Gasteiger partial charge is 0.140 e. The highest BCUT2D eigenvalue weighted by atomic mass is 32.1. The molecule has 0 saturated carbocycles. The van der Waals surface area contributed by atoms with Crippen LogP contribution in [0.2, 0.25) is 0 Å². The minimum absolute atomic E-state index is 0.299. The number of hydrogen-bond acceptors (Lipinski definition) is 5. The Balaban J connectivity index is 1.86. The first-order valence-corrected chi connectivity index (χ1v) is 7.24. The van der Waals surface area contributed by atoms with E-state index in [9.17, 15) is 4.79 Å². The summed E-state index contributed by atoms with van der Waals surface area (Å²) in [5.74, 6) is 0.299. The molecule has 1 aromatic heterocycles. The summed E-state index contributed by atoms with van der Waals surface area (Å²) in [4.78, 5) is 21.0. The SMILES string of the molecule is Cc1nc(CC(=O)CC2CN(C)CCN2C)cs1. The molecule has 0 amide bonds. The van der Waals surface area contributed by atoms with E-state index in [2.05, 4.69) is 28.9 Å². The van der Waals surface area contributed by atoms with Gasteiger partial charge in [-0.3, -0.25) is 4.79 Å². The van der Waals surface area contributed by atoms with Gasteiger partial charge in [-0.2, -0.15) is 0 Å². The van der Waals surface area contributed by atoms with E-state index in [1.807, 2.05) is 12.3 Å². The second-order valence-electron chi connectivity index (χ2n) is 5.17. The van der Waals surface area contributed by atoms with E-state index in [0.717, 1.165) is 30.3 Å². The van der Waals surface area contributed by atoms with E-state index in [1.165, 1.54) is 0 Å². The van der Waals surface area contributed by atoms with Crippen LogP contribution in [0.3, 0.4) is 0 Å². The Kier molecular flexibility index (Phi) is 4.48. The Hall–Kier alpha value is -0.780. The van der Waals surface area contributed by atoms with Crippen LogP contribution in [0, 0.1) is 6.92 Å². The van der Waals surface area contributed by atoms with E-state index >= 15 is 0 Å². The van der Waals surface area contributed by atoms with Crippen molar-refractivity contribution in [3.63, 3.8) is 0 Å². The van der Waals surface area contributed by atoms with E-state index in [0.29, 0.717) is 24.7 Å². The molecule has 0 aliphatic carbocycles. The minimum atomic E-state index is 0.299. The molecule has 0 N–H and O–H groups in total. The number of piperazine rings is 1. The number of likely N-dealkylation sites (N-methyl/N-ethyl adjacent to an activating group) is 2. The molecule has 1 fully saturated rings. The fraction of sp³-hybridized carbons (Fsp3) is 0.692. The lowest BCUT2D eigenvalue weighted by atomic mass is 10.0. The Bertz CT molecular complexity index is 418. The standard InChI is InChI=1S/C13H21N3OS/c1-10-14-11(9-18-10)6-13(17)7-12-8-15(2)4-5-16(12)3/h9,12H,4-8H2,1-3H3. The number of aromatic nitrogens is 1. The highest BCUT2D eigenvalue weighted by Crippen LogP contribution is 2.13. The monoisotopic (exact) mass is 267 g/mol. The van der Waals surface area contributed by atoms with Gasteiger partial charge in [-0.25, -0.2) is 4.98 Å². The number of rotatable bonds is 4. The predicted molar refractivity (Wildman–Crippen MR) is 74.1 cm³/mol. The van der Waals surface area contributed by atoms with Crippen LogP contribution in [-0.4, -0.2) is 60.3 Å². The molecule has 0 spiro atoms. The predicted octanol–water partition coefficient (Wildman–Crippen LogP) is 1.20. The maximum absolute atomic E-state index is 12.1. The summed E-state index contributed by atoms with van der Waals surface area (Å²) in [7, 11) is 4.23. The summed E-state index contributed by atoms with van der Waals surface area (Å²) in [5, 5.41) is 3.02. The van der Waals surface area contributed by atoms with Crippen LogP contribution >= 0.6 is 11.3 Å². The Morgan fingerprint density at radius 3 is 2.94 bits per heavy atom. The quantitative estimate of drug-likeness (QED) is 0.821. The van der Waals surface area contributed by atoms with Gasteiger partial charge in [0.2, 0.25) is 0 Å². The summed E-state index contributed by atoms with van der Waals surface area (Å²) in [6.07, 6.45) is 1.12. The summed E-state index contributed by atoms with van der Waals surface area (Å²) < 4.78 is 0. The summed E-state index contributed by atoms with van der Waals surface area (Å²) in [6.45, 7) is 5.09. The van der Waals surface area contributed by atoms with Gasteiger partial charge in [0.05, 0.1) is 10.7 Å². The second kappa shape index (κ2) is 5.91. The van der Waals surface area contributed by atoms with Gasteiger partial charge in [-0.05, 0) is 21.0 Å². The number of nitrogens with zero attached hydrogens (tertiary/aromatic N) is 3. The van der Waals surface area contributed by atoms with Crippen LogP contribution < -0.4 is 0 Å². The third kappa shape index (κ3) is 3.60. The molecule has 100 valence electrons. The lowest BCUT2D eigenvalue weighted by Crippen LogP contribution is -2.50. The number of carbonyl (C=O) groups is 1. The van der Waals surface area contributed by atoms with Gasteiger partial charge in [0, 0.05) is 43.9 Å². The third-order valence-corrected chi connectivity index (χ3v) is 4.31.